The number of hydrogen-bond donors (Lipinski definition) is 10. The van der Waals surface area contributed by atoms with Crippen LogP contribution in [0.3, 0.4) is 0 Å². The van der Waals surface area contributed by atoms with E-state index in [0.29, 0.717) is 53.2 Å². The van der Waals surface area contributed by atoms with E-state index in [4.69, 9.17) is 27.9 Å². The van der Waals surface area contributed by atoms with Crippen molar-refractivity contribution >= 4 is 82.5 Å². The van der Waals surface area contributed by atoms with Gasteiger partial charge in [-0.1, -0.05) is 56.8 Å². The lowest BCUT2D eigenvalue weighted by molar-refractivity contribution is -0.144. The molecule has 0 fully saturated rings. The molecule has 0 spiro atoms. The molecule has 0 radical (unpaired) electrons. The van der Waals surface area contributed by atoms with Gasteiger partial charge in [0.15, 0.2) is 17.7 Å². The molecule has 2 aliphatic heterocycles. The maximum absolute atomic E-state index is 14.5. The highest BCUT2D eigenvalue weighted by atomic mass is 16.4. The van der Waals surface area contributed by atoms with Crippen LogP contribution in [0.15, 0.2) is 51.9 Å². The molecule has 18 nitrogen and oxygen atoms in total. The number of fused-ring (bicyclic) bond motifs is 8. The van der Waals surface area contributed by atoms with Gasteiger partial charge < -0.3 is 53.4 Å². The summed E-state index contributed by atoms with van der Waals surface area (Å²) in [6, 6.07) is 6.31. The lowest BCUT2D eigenvalue weighted by Gasteiger charge is -2.24. The van der Waals surface area contributed by atoms with E-state index in [1.54, 1.807) is 6.92 Å². The van der Waals surface area contributed by atoms with E-state index in [9.17, 15) is 34.2 Å². The van der Waals surface area contributed by atoms with E-state index < -0.39 is 41.5 Å². The highest BCUT2D eigenvalue weighted by molar-refractivity contribution is 6.20. The number of allylic oxidation sites excluding steroid dienone is 2. The maximum atomic E-state index is 14.5. The monoisotopic (exact) mass is 1050 g/mol. The Kier molecular flexibility index (Phi) is 18.2. The van der Waals surface area contributed by atoms with Crippen molar-refractivity contribution in [2.24, 2.45) is 61.6 Å². The van der Waals surface area contributed by atoms with Crippen LogP contribution in [0.1, 0.15) is 139 Å². The van der Waals surface area contributed by atoms with Crippen molar-refractivity contribution in [3.05, 3.63) is 114 Å². The quantitative estimate of drug-likeness (QED) is 0.0273. The first-order valence-corrected chi connectivity index (χ1v) is 26.6. The minimum Gasteiger partial charge on any atom is -0.481 e. The molecule has 6 atom stereocenters. The number of hydrogen-bond acceptors (Lipinski definition) is 8. The average Bonchev–Trinajstić information content (AvgIpc) is 4.21. The molecule has 77 heavy (non-hydrogen) atoms. The third kappa shape index (κ3) is 13.0. The summed E-state index contributed by atoms with van der Waals surface area (Å²) < 4.78 is 0. The Bertz CT molecular complexity index is 3360. The number of H-pyrrole nitrogens is 3. The molecule has 1 aliphatic carbocycles. The van der Waals surface area contributed by atoms with Gasteiger partial charge in [-0.15, -0.1) is 0 Å². The summed E-state index contributed by atoms with van der Waals surface area (Å²) in [5.41, 5.74) is 33.3. The lowest BCUT2D eigenvalue weighted by atomic mass is 9.81. The Morgan fingerprint density at radius 3 is 2.21 bits per heavy atom. The number of aromatic carboxylic acids is 1. The Morgan fingerprint density at radius 1 is 0.857 bits per heavy atom. The summed E-state index contributed by atoms with van der Waals surface area (Å²) >= 11 is 0. The van der Waals surface area contributed by atoms with Gasteiger partial charge in [-0.05, 0) is 148 Å². The smallest absolute Gasteiger partial charge is 0.338 e. The fourth-order valence-corrected chi connectivity index (χ4v) is 11.4. The summed E-state index contributed by atoms with van der Waals surface area (Å²) in [6.07, 6.45) is 12.4. The fourth-order valence-electron chi connectivity index (χ4n) is 11.4. The number of nitrogens with zero attached hydrogens (tertiary/aromatic N) is 3. The second-order valence-electron chi connectivity index (χ2n) is 20.8. The second kappa shape index (κ2) is 24.8. The van der Waals surface area contributed by atoms with E-state index in [2.05, 4.69) is 69.8 Å². The topological polar surface area (TPSA) is 326 Å². The normalized spacial score (nSPS) is 18.4. The van der Waals surface area contributed by atoms with Crippen molar-refractivity contribution in [3.63, 3.8) is 0 Å². The number of carboxylic acid groups (broad SMARTS) is 2. The Labute approximate surface area is 448 Å². The Balaban J connectivity index is 1.18. The first-order valence-electron chi connectivity index (χ1n) is 26.6. The predicted molar refractivity (Wildman–Crippen MR) is 304 cm³/mol. The molecule has 18 heteroatoms. The number of Topliss-reactive ketones (excluding diaryl/α,β-unsaturated/α-hetero) is 2. The predicted octanol–water partition coefficient (Wildman–Crippen LogP) is 3.83. The Hall–Kier alpha value is -8.02. The number of ketones is 2. The van der Waals surface area contributed by atoms with Crippen LogP contribution in [0.25, 0.3) is 35.5 Å². The summed E-state index contributed by atoms with van der Waals surface area (Å²) in [4.78, 5) is 93.1. The zero-order chi connectivity index (χ0) is 55.8. The van der Waals surface area contributed by atoms with Crippen LogP contribution >= 0.6 is 0 Å². The summed E-state index contributed by atoms with van der Waals surface area (Å²) in [6.45, 7) is 16.5. The van der Waals surface area contributed by atoms with Crippen LogP contribution in [0, 0.1) is 44.4 Å². The highest BCUT2D eigenvalue weighted by Crippen LogP contribution is 2.36. The van der Waals surface area contributed by atoms with Crippen LogP contribution in [0.4, 0.5) is 0 Å². The summed E-state index contributed by atoms with van der Waals surface area (Å²) in [5.74, 6) is -6.04. The van der Waals surface area contributed by atoms with Crippen LogP contribution in [0.2, 0.25) is 0 Å². The Morgan fingerprint density at radius 2 is 1.55 bits per heavy atom. The standard InChI is InChI=1S/C59H75N11O7/c1-8-40-30(3)45-27-47-32(5)42(53(68-47)34(7)54-52(57(76)77)33(6)48(69-54)29-50-41(9-2)31(4)46(67-50)28-49(40)66-45)21-20-39(71)25-37(15-12-22-64-58(60)61)55(73)70-44(17-13-23-65-59(62)63)51(72)26-38(56(74)75)24-36-19-18-35-14-10-11-16-43(35)36/h8,10-11,14,16,19,27-29,32,37-38,42,44,47,66-67,69H,1,9,12-13,15,17-18,20-26H2,2-7H3,(H,70,73)(H,74,75)(H,76,77)(H4,60,61,64)(H4,62,63,65)/b45-27-,48-29-,49-28?,54-34?/t32-,37+,38+,42-,44-,47?/m0/s1. The van der Waals surface area contributed by atoms with Crippen molar-refractivity contribution < 1.29 is 34.2 Å². The number of aromatic amines is 3. The zero-order valence-corrected chi connectivity index (χ0v) is 45.1. The molecule has 5 heterocycles. The van der Waals surface area contributed by atoms with Crippen molar-refractivity contribution in [2.75, 3.05) is 13.1 Å². The number of amides is 1. The molecule has 4 aromatic rings. The van der Waals surface area contributed by atoms with Gasteiger partial charge >= 0.3 is 11.9 Å². The molecule has 7 rings (SSSR count). The van der Waals surface area contributed by atoms with Gasteiger partial charge in [0, 0.05) is 82.9 Å². The van der Waals surface area contributed by atoms with Crippen molar-refractivity contribution in [1.29, 1.82) is 0 Å². The maximum Gasteiger partial charge on any atom is 0.338 e. The van der Waals surface area contributed by atoms with Crippen LogP contribution in [-0.2, 0) is 32.0 Å². The molecule has 0 saturated heterocycles. The first-order chi connectivity index (χ1) is 36.7. The molecule has 0 saturated carbocycles. The molecule has 1 aromatic carbocycles. The van der Waals surface area contributed by atoms with Gasteiger partial charge in [-0.2, -0.15) is 0 Å². The molecular weight excluding hydrogens is 975 g/mol. The SMILES string of the molecule is C=Cc1c(C)/c2[nH]c1=Cc1[nH]c(c(CC)c1C)/C=c1\[nH]c(c(C(=O)O)c1C)=C(C)C1=NC(\C=2)[C@@H](C)[C@@H]1CCC(=O)C[C@@H](CCCN=C(N)N)C(=O)N[C@@H](CCCN=C(N)N)C(=O)C[C@@H](CC1=CCc2ccccc21)C(=O)O. The minimum absolute atomic E-state index is 0.0652. The lowest BCUT2D eigenvalue weighted by Crippen LogP contribution is -2.45. The number of benzene rings is 1. The van der Waals surface area contributed by atoms with Crippen molar-refractivity contribution in [3.8, 4) is 0 Å². The highest BCUT2D eigenvalue weighted by Gasteiger charge is 2.37. The number of nitrogens with one attached hydrogen (secondary N) is 4. The van der Waals surface area contributed by atoms with Gasteiger partial charge in [0.05, 0.1) is 28.9 Å². The van der Waals surface area contributed by atoms with E-state index >= 15 is 0 Å². The molecule has 3 aromatic heterocycles. The number of guanidine groups is 2. The number of carbonyl (C=O) groups is 5. The number of carbonyl (C=O) groups excluding carboxylic acids is 3. The minimum atomic E-state index is -1.13. The number of aliphatic carboxylic acids is 1. The van der Waals surface area contributed by atoms with Crippen molar-refractivity contribution in [1.82, 2.24) is 20.3 Å². The molecule has 14 N–H and O–H groups in total. The summed E-state index contributed by atoms with van der Waals surface area (Å²) in [7, 11) is 0. The van der Waals surface area contributed by atoms with Crippen molar-refractivity contribution in [2.45, 2.75) is 124 Å². The third-order valence-corrected chi connectivity index (χ3v) is 15.8. The van der Waals surface area contributed by atoms with E-state index in [0.717, 1.165) is 67.5 Å². The number of nitrogens with two attached hydrogens (primary N) is 4. The fraction of sp³-hybridized carbons (Fsp3) is 0.424. The molecule has 1 amide bonds. The first kappa shape index (κ1) is 56.7. The third-order valence-electron chi connectivity index (χ3n) is 15.8. The number of aromatic nitrogens is 3. The van der Waals surface area contributed by atoms with Gasteiger partial charge in [-0.3, -0.25) is 34.2 Å². The number of aliphatic imine (C=N–C) groups is 3. The molecule has 1 unspecified atom stereocenters. The van der Waals surface area contributed by atoms with E-state index in [1.807, 2.05) is 56.3 Å². The van der Waals surface area contributed by atoms with Crippen LogP contribution in [0.5, 0.6) is 0 Å². The molecular formula is C59H75N11O7. The summed E-state index contributed by atoms with van der Waals surface area (Å²) in [5, 5.41) is 26.9. The second-order valence-corrected chi connectivity index (χ2v) is 20.8. The molecule has 8 bridgehead atoms. The van der Waals surface area contributed by atoms with E-state index in [-0.39, 0.29) is 92.8 Å². The van der Waals surface area contributed by atoms with Gasteiger partial charge in [0.25, 0.3) is 0 Å². The van der Waals surface area contributed by atoms with Gasteiger partial charge in [-0.25, -0.2) is 4.79 Å². The zero-order valence-electron chi connectivity index (χ0n) is 45.1. The van der Waals surface area contributed by atoms with Crippen LogP contribution in [-0.4, -0.2) is 97.4 Å². The van der Waals surface area contributed by atoms with E-state index in [1.165, 1.54) is 0 Å². The number of rotatable bonds is 24. The molecule has 408 valence electrons. The average molecular weight is 1050 g/mol. The van der Waals surface area contributed by atoms with Gasteiger partial charge in [0.2, 0.25) is 5.91 Å². The number of carboxylic acids is 2. The largest absolute Gasteiger partial charge is 0.481 e. The van der Waals surface area contributed by atoms with Crippen LogP contribution < -0.4 is 49.6 Å². The van der Waals surface area contributed by atoms with Gasteiger partial charge in [0.1, 0.15) is 5.78 Å². The molecule has 3 aliphatic rings.